The second kappa shape index (κ2) is 62.1. The molecule has 0 amide bonds. The van der Waals surface area contributed by atoms with Crippen LogP contribution in [0.5, 0.6) is 0 Å². The molecule has 74 heavy (non-hydrogen) atoms. The lowest BCUT2D eigenvalue weighted by molar-refractivity contribution is -0.167. The Labute approximate surface area is 458 Å². The van der Waals surface area contributed by atoms with Crippen molar-refractivity contribution in [3.05, 3.63) is 85.1 Å². The molecule has 0 aliphatic carbocycles. The summed E-state index contributed by atoms with van der Waals surface area (Å²) < 4.78 is 16.9. The van der Waals surface area contributed by atoms with Crippen molar-refractivity contribution in [2.75, 3.05) is 13.2 Å². The van der Waals surface area contributed by atoms with Crippen LogP contribution >= 0.6 is 0 Å². The minimum absolute atomic E-state index is 0.101. The fraction of sp³-hybridized carbons (Fsp3) is 0.750. The van der Waals surface area contributed by atoms with E-state index in [1.807, 2.05) is 0 Å². The monoisotopic (exact) mass is 1030 g/mol. The van der Waals surface area contributed by atoms with Crippen molar-refractivity contribution >= 4 is 17.9 Å². The summed E-state index contributed by atoms with van der Waals surface area (Å²) in [5.41, 5.74) is 0. The highest BCUT2D eigenvalue weighted by Crippen LogP contribution is 2.17. The number of unbranched alkanes of at least 4 members (excludes halogenated alkanes) is 32. The van der Waals surface area contributed by atoms with Gasteiger partial charge in [0, 0.05) is 19.3 Å². The Hall–Kier alpha value is -3.41. The van der Waals surface area contributed by atoms with E-state index in [0.717, 1.165) is 103 Å². The fourth-order valence-electron chi connectivity index (χ4n) is 8.92. The third-order valence-electron chi connectivity index (χ3n) is 13.6. The number of rotatable bonds is 57. The van der Waals surface area contributed by atoms with Gasteiger partial charge in [-0.2, -0.15) is 0 Å². The van der Waals surface area contributed by atoms with Crippen LogP contribution in [0.1, 0.15) is 310 Å². The molecule has 426 valence electrons. The van der Waals surface area contributed by atoms with E-state index < -0.39 is 6.10 Å². The lowest BCUT2D eigenvalue weighted by Gasteiger charge is -2.18. The van der Waals surface area contributed by atoms with Crippen molar-refractivity contribution in [1.82, 2.24) is 0 Å². The molecule has 0 aliphatic rings. The summed E-state index contributed by atoms with van der Waals surface area (Å²) in [7, 11) is 0. The molecule has 0 spiro atoms. The molecular formula is C68H118O6. The molecule has 0 aromatic carbocycles. The number of esters is 3. The molecule has 0 saturated heterocycles. The summed E-state index contributed by atoms with van der Waals surface area (Å²) in [6, 6.07) is 0. The highest BCUT2D eigenvalue weighted by Gasteiger charge is 2.19. The van der Waals surface area contributed by atoms with Crippen LogP contribution in [0.4, 0.5) is 0 Å². The van der Waals surface area contributed by atoms with Gasteiger partial charge in [0.2, 0.25) is 0 Å². The molecule has 6 nitrogen and oxygen atoms in total. The second-order valence-corrected chi connectivity index (χ2v) is 20.9. The van der Waals surface area contributed by atoms with E-state index in [1.165, 1.54) is 161 Å². The Morgan fingerprint density at radius 1 is 0.284 bits per heavy atom. The van der Waals surface area contributed by atoms with Crippen LogP contribution in [0.2, 0.25) is 0 Å². The van der Waals surface area contributed by atoms with Crippen molar-refractivity contribution in [3.8, 4) is 0 Å². The normalized spacial score (nSPS) is 12.6. The van der Waals surface area contributed by atoms with E-state index in [2.05, 4.69) is 106 Å². The maximum absolute atomic E-state index is 12.9. The van der Waals surface area contributed by atoms with E-state index in [9.17, 15) is 14.4 Å². The highest BCUT2D eigenvalue weighted by atomic mass is 16.6. The van der Waals surface area contributed by atoms with E-state index >= 15 is 0 Å². The van der Waals surface area contributed by atoms with Gasteiger partial charge in [-0.1, -0.05) is 286 Å². The first kappa shape index (κ1) is 70.6. The van der Waals surface area contributed by atoms with Crippen molar-refractivity contribution in [3.63, 3.8) is 0 Å². The first-order valence-corrected chi connectivity index (χ1v) is 31.6. The third-order valence-corrected chi connectivity index (χ3v) is 13.6. The van der Waals surface area contributed by atoms with Crippen molar-refractivity contribution in [2.45, 2.75) is 316 Å². The zero-order chi connectivity index (χ0) is 53.6. The highest BCUT2D eigenvalue weighted by molar-refractivity contribution is 5.71. The molecule has 1 unspecified atom stereocenters. The lowest BCUT2D eigenvalue weighted by Crippen LogP contribution is -2.30. The van der Waals surface area contributed by atoms with E-state index in [-0.39, 0.29) is 37.5 Å². The zero-order valence-electron chi connectivity index (χ0n) is 48.8. The average molecular weight is 1030 g/mol. The van der Waals surface area contributed by atoms with Crippen LogP contribution < -0.4 is 0 Å². The van der Waals surface area contributed by atoms with E-state index in [0.29, 0.717) is 19.3 Å². The Morgan fingerprint density at radius 3 is 0.892 bits per heavy atom. The van der Waals surface area contributed by atoms with Crippen molar-refractivity contribution < 1.29 is 28.6 Å². The molecule has 0 radical (unpaired) electrons. The predicted molar refractivity (Wildman–Crippen MR) is 321 cm³/mol. The van der Waals surface area contributed by atoms with Gasteiger partial charge in [-0.05, 0) is 89.9 Å². The molecule has 0 aromatic heterocycles. The molecule has 6 heteroatoms. The molecule has 0 saturated carbocycles. The van der Waals surface area contributed by atoms with Gasteiger partial charge in [-0.3, -0.25) is 14.4 Å². The molecule has 0 rings (SSSR count). The van der Waals surface area contributed by atoms with Gasteiger partial charge >= 0.3 is 17.9 Å². The van der Waals surface area contributed by atoms with Gasteiger partial charge in [0.1, 0.15) is 13.2 Å². The Kier molecular flexibility index (Phi) is 59.3. The minimum atomic E-state index is -0.812. The Morgan fingerprint density at radius 2 is 0.541 bits per heavy atom. The van der Waals surface area contributed by atoms with Crippen LogP contribution in [0.15, 0.2) is 85.1 Å². The molecule has 0 N–H and O–H groups in total. The summed E-state index contributed by atoms with van der Waals surface area (Å²) >= 11 is 0. The number of carbonyl (C=O) groups excluding carboxylic acids is 3. The average Bonchev–Trinajstić information content (AvgIpc) is 3.40. The summed E-state index contributed by atoms with van der Waals surface area (Å²) in [5.74, 6) is -0.963. The van der Waals surface area contributed by atoms with E-state index in [1.54, 1.807) is 0 Å². The zero-order valence-corrected chi connectivity index (χ0v) is 48.8. The predicted octanol–water partition coefficient (Wildman–Crippen LogP) is 21.5. The van der Waals surface area contributed by atoms with E-state index in [4.69, 9.17) is 14.2 Å². The molecule has 0 fully saturated rings. The fourth-order valence-corrected chi connectivity index (χ4v) is 8.92. The smallest absolute Gasteiger partial charge is 0.306 e. The Bertz CT molecular complexity index is 1420. The molecule has 0 aromatic rings. The standard InChI is InChI=1S/C68H118O6/c1-4-7-10-13-16-19-22-25-28-30-31-32-33-34-35-36-38-40-43-46-49-52-55-58-61-67(70)73-64-65(63-72-66(69)60-57-54-51-48-45-42-39-27-24-21-18-15-12-9-6-3)74-68(71)62-59-56-53-50-47-44-41-37-29-26-23-20-17-14-11-8-5-2/h8,11,17-18,20-21,26-27,29,39,41,44,50,53,65H,4-7,9-10,12-16,19,22-25,28,30-38,40,42-43,45-49,51-52,54-64H2,1-3H3/b11-8-,20-17-,21-18-,29-26-,39-27-,44-41-,53-50-. The van der Waals surface area contributed by atoms with Crippen LogP contribution in [-0.2, 0) is 28.6 Å². The first-order chi connectivity index (χ1) is 36.5. The number of ether oxygens (including phenoxy) is 3. The molecule has 1 atom stereocenters. The number of carbonyl (C=O) groups is 3. The molecule has 0 bridgehead atoms. The number of hydrogen-bond acceptors (Lipinski definition) is 6. The summed E-state index contributed by atoms with van der Waals surface area (Å²) in [5, 5.41) is 0. The largest absolute Gasteiger partial charge is 0.462 e. The molecule has 0 heterocycles. The maximum atomic E-state index is 12.9. The quantitative estimate of drug-likeness (QED) is 0.0261. The van der Waals surface area contributed by atoms with Gasteiger partial charge in [-0.15, -0.1) is 0 Å². The van der Waals surface area contributed by atoms with Gasteiger partial charge in [0.05, 0.1) is 0 Å². The Balaban J connectivity index is 4.37. The topological polar surface area (TPSA) is 78.9 Å². The van der Waals surface area contributed by atoms with Crippen LogP contribution in [0, 0.1) is 0 Å². The van der Waals surface area contributed by atoms with Crippen molar-refractivity contribution in [2.24, 2.45) is 0 Å². The summed E-state index contributed by atoms with van der Waals surface area (Å²) in [4.78, 5) is 38.2. The SMILES string of the molecule is CC/C=C\C/C=C\C/C=C\C/C=C\C/C=C\CCCC(=O)OC(COC(=O)CCCCCCC/C=C\C/C=C\CCCCC)COC(=O)CCCCCCCCCCCCCCCCCCCCCCCCCC. The second-order valence-electron chi connectivity index (χ2n) is 20.9. The first-order valence-electron chi connectivity index (χ1n) is 31.6. The van der Waals surface area contributed by atoms with Gasteiger partial charge in [-0.25, -0.2) is 0 Å². The van der Waals surface area contributed by atoms with Crippen molar-refractivity contribution in [1.29, 1.82) is 0 Å². The van der Waals surface area contributed by atoms with Crippen LogP contribution in [0.25, 0.3) is 0 Å². The van der Waals surface area contributed by atoms with Crippen LogP contribution in [-0.4, -0.2) is 37.2 Å². The van der Waals surface area contributed by atoms with Gasteiger partial charge in [0.25, 0.3) is 0 Å². The lowest BCUT2D eigenvalue weighted by atomic mass is 10.0. The minimum Gasteiger partial charge on any atom is -0.462 e. The third kappa shape index (κ3) is 59.5. The summed E-state index contributed by atoms with van der Waals surface area (Å²) in [6.07, 6.45) is 81.7. The molecular weight excluding hydrogens is 913 g/mol. The molecule has 0 aliphatic heterocycles. The van der Waals surface area contributed by atoms with Gasteiger partial charge in [0.15, 0.2) is 6.10 Å². The number of allylic oxidation sites excluding steroid dienone is 14. The van der Waals surface area contributed by atoms with Crippen LogP contribution in [0.3, 0.4) is 0 Å². The summed E-state index contributed by atoms with van der Waals surface area (Å²) in [6.45, 7) is 6.48. The van der Waals surface area contributed by atoms with Gasteiger partial charge < -0.3 is 14.2 Å². The number of hydrogen-bond donors (Lipinski definition) is 0. The maximum Gasteiger partial charge on any atom is 0.306 e.